The number of nitrogens with two attached hydrogens (primary N) is 1. The van der Waals surface area contributed by atoms with Crippen molar-refractivity contribution in [2.75, 3.05) is 51.7 Å². The van der Waals surface area contributed by atoms with Gasteiger partial charge in [-0.05, 0) is 37.9 Å². The summed E-state index contributed by atoms with van der Waals surface area (Å²) >= 11 is 0. The first kappa shape index (κ1) is 22.3. The lowest BCUT2D eigenvalue weighted by Gasteiger charge is -2.28. The van der Waals surface area contributed by atoms with Crippen molar-refractivity contribution in [3.63, 3.8) is 0 Å². The third-order valence-electron chi connectivity index (χ3n) is 4.94. The number of hydrogen-bond donors (Lipinski definition) is 1. The monoisotopic (exact) mass is 397 g/mol. The molecule has 0 aromatic heterocycles. The summed E-state index contributed by atoms with van der Waals surface area (Å²) in [6, 6.07) is 9.86. The molecule has 1 fully saturated rings. The molecule has 0 aliphatic carbocycles. The summed E-state index contributed by atoms with van der Waals surface area (Å²) in [5.41, 5.74) is 6.55. The lowest BCUT2D eigenvalue weighted by Crippen LogP contribution is -2.39. The number of nitrogens with zero attached hydrogens (tertiary/aromatic N) is 2. The molecular formula is C20H35N3O3S. The molecule has 6 nitrogen and oxygen atoms in total. The Kier molecular flexibility index (Phi) is 10.3. The Bertz CT molecular complexity index is 604. The average Bonchev–Trinajstić information content (AvgIpc) is 2.68. The molecule has 2 N–H and O–H groups in total. The fraction of sp³-hybridized carbons (Fsp3) is 0.700. The fourth-order valence-electron chi connectivity index (χ4n) is 3.31. The minimum absolute atomic E-state index is 0.224. The smallest absolute Gasteiger partial charge is 0.214 e. The zero-order valence-corrected chi connectivity index (χ0v) is 17.2. The molecule has 0 unspecified atom stereocenters. The van der Waals surface area contributed by atoms with Gasteiger partial charge in [0.1, 0.15) is 0 Å². The van der Waals surface area contributed by atoms with Crippen molar-refractivity contribution < 1.29 is 13.2 Å². The third kappa shape index (κ3) is 8.70. The Morgan fingerprint density at radius 2 is 1.70 bits per heavy atom. The second-order valence-corrected chi connectivity index (χ2v) is 9.23. The molecule has 0 saturated carbocycles. The van der Waals surface area contributed by atoms with Crippen molar-refractivity contribution in [3.05, 3.63) is 35.9 Å². The van der Waals surface area contributed by atoms with Crippen LogP contribution in [0.4, 0.5) is 0 Å². The van der Waals surface area contributed by atoms with E-state index in [1.165, 1.54) is 0 Å². The highest BCUT2D eigenvalue weighted by Crippen LogP contribution is 2.13. The van der Waals surface area contributed by atoms with Crippen LogP contribution in [0, 0.1) is 0 Å². The molecule has 1 aliphatic rings. The molecule has 0 spiro atoms. The summed E-state index contributed by atoms with van der Waals surface area (Å²) in [7, 11) is -3.25. The van der Waals surface area contributed by atoms with Crippen LogP contribution in [0.3, 0.4) is 0 Å². The van der Waals surface area contributed by atoms with Gasteiger partial charge in [0, 0.05) is 26.2 Å². The maximum Gasteiger partial charge on any atom is 0.214 e. The highest BCUT2D eigenvalue weighted by molar-refractivity contribution is 7.89. The van der Waals surface area contributed by atoms with Gasteiger partial charge in [0.15, 0.2) is 0 Å². The Balaban J connectivity index is 1.89. The molecule has 1 saturated heterocycles. The Labute approximate surface area is 164 Å². The van der Waals surface area contributed by atoms with Gasteiger partial charge in [0.25, 0.3) is 0 Å². The van der Waals surface area contributed by atoms with Crippen LogP contribution in [0.1, 0.15) is 37.7 Å². The van der Waals surface area contributed by atoms with Crippen molar-refractivity contribution in [2.45, 2.75) is 38.6 Å². The first-order chi connectivity index (χ1) is 13.1. The number of rotatable bonds is 13. The van der Waals surface area contributed by atoms with Gasteiger partial charge in [-0.25, -0.2) is 8.42 Å². The van der Waals surface area contributed by atoms with Gasteiger partial charge < -0.3 is 10.5 Å². The molecule has 0 radical (unpaired) electrons. The van der Waals surface area contributed by atoms with E-state index < -0.39 is 10.0 Å². The van der Waals surface area contributed by atoms with Gasteiger partial charge in [0.2, 0.25) is 10.0 Å². The van der Waals surface area contributed by atoms with E-state index in [1.807, 2.05) is 30.3 Å². The molecule has 0 bridgehead atoms. The largest absolute Gasteiger partial charge is 0.379 e. The number of unbranched alkanes of at least 4 members (excludes halogenated alkanes) is 3. The minimum Gasteiger partial charge on any atom is -0.379 e. The zero-order chi connectivity index (χ0) is 19.4. The summed E-state index contributed by atoms with van der Waals surface area (Å²) in [4.78, 5) is 2.35. The van der Waals surface area contributed by atoms with Crippen LogP contribution in [0.25, 0.3) is 0 Å². The lowest BCUT2D eigenvalue weighted by atomic mass is 10.2. The molecule has 1 aliphatic heterocycles. The van der Waals surface area contributed by atoms with Crippen LogP contribution in [0.2, 0.25) is 0 Å². The number of sulfonamides is 1. The van der Waals surface area contributed by atoms with E-state index in [9.17, 15) is 8.42 Å². The van der Waals surface area contributed by atoms with Crippen molar-refractivity contribution in [2.24, 2.45) is 5.73 Å². The van der Waals surface area contributed by atoms with E-state index in [0.29, 0.717) is 26.1 Å². The molecular weight excluding hydrogens is 362 g/mol. The van der Waals surface area contributed by atoms with Crippen LogP contribution < -0.4 is 5.73 Å². The van der Waals surface area contributed by atoms with Gasteiger partial charge in [-0.1, -0.05) is 43.2 Å². The van der Waals surface area contributed by atoms with E-state index in [-0.39, 0.29) is 5.75 Å². The molecule has 2 rings (SSSR count). The number of hydrogen-bond acceptors (Lipinski definition) is 5. The van der Waals surface area contributed by atoms with Gasteiger partial charge in [0.05, 0.1) is 19.0 Å². The van der Waals surface area contributed by atoms with Crippen LogP contribution in [-0.4, -0.2) is 69.3 Å². The predicted octanol–water partition coefficient (Wildman–Crippen LogP) is 2.06. The molecule has 0 atom stereocenters. The SMILES string of the molecule is NCCCCCCS(=O)(=O)N(CCCN1CCOCC1)Cc1ccccc1. The second kappa shape index (κ2) is 12.5. The number of benzene rings is 1. The van der Waals surface area contributed by atoms with Gasteiger partial charge >= 0.3 is 0 Å². The summed E-state index contributed by atoms with van der Waals surface area (Å²) in [6.07, 6.45) is 4.44. The zero-order valence-electron chi connectivity index (χ0n) is 16.4. The highest BCUT2D eigenvalue weighted by atomic mass is 32.2. The normalized spacial score (nSPS) is 16.1. The van der Waals surface area contributed by atoms with E-state index >= 15 is 0 Å². The van der Waals surface area contributed by atoms with Gasteiger partial charge in [-0.15, -0.1) is 0 Å². The molecule has 27 heavy (non-hydrogen) atoms. The Morgan fingerprint density at radius 1 is 1.00 bits per heavy atom. The second-order valence-electron chi connectivity index (χ2n) is 7.15. The molecule has 7 heteroatoms. The van der Waals surface area contributed by atoms with E-state index in [4.69, 9.17) is 10.5 Å². The van der Waals surface area contributed by atoms with Crippen molar-refractivity contribution in [3.8, 4) is 0 Å². The standard InChI is InChI=1S/C20H35N3O3S/c21-11-6-1-2-7-18-27(24,25)23(19-20-9-4-3-5-10-20)13-8-12-22-14-16-26-17-15-22/h3-5,9-10H,1-2,6-8,11-19,21H2. The summed E-state index contributed by atoms with van der Waals surface area (Å²) in [6.45, 7) is 6.03. The maximum absolute atomic E-state index is 12.9. The molecule has 1 heterocycles. The number of morpholine rings is 1. The summed E-state index contributed by atoms with van der Waals surface area (Å²) in [5, 5.41) is 0. The van der Waals surface area contributed by atoms with Crippen molar-refractivity contribution in [1.29, 1.82) is 0 Å². The minimum atomic E-state index is -3.25. The highest BCUT2D eigenvalue weighted by Gasteiger charge is 2.22. The third-order valence-corrected chi connectivity index (χ3v) is 6.84. The molecule has 1 aromatic rings. The first-order valence-corrected chi connectivity index (χ1v) is 11.7. The van der Waals surface area contributed by atoms with E-state index in [1.54, 1.807) is 4.31 Å². The molecule has 1 aromatic carbocycles. The van der Waals surface area contributed by atoms with Gasteiger partial charge in [-0.2, -0.15) is 4.31 Å². The van der Waals surface area contributed by atoms with Crippen LogP contribution in [0.5, 0.6) is 0 Å². The van der Waals surface area contributed by atoms with E-state index in [2.05, 4.69) is 4.90 Å². The summed E-state index contributed by atoms with van der Waals surface area (Å²) < 4.78 is 32.9. The average molecular weight is 398 g/mol. The molecule has 154 valence electrons. The van der Waals surface area contributed by atoms with Crippen LogP contribution in [0.15, 0.2) is 30.3 Å². The number of ether oxygens (including phenoxy) is 1. The maximum atomic E-state index is 12.9. The van der Waals surface area contributed by atoms with Crippen LogP contribution in [-0.2, 0) is 21.3 Å². The lowest BCUT2D eigenvalue weighted by molar-refractivity contribution is 0.0368. The quantitative estimate of drug-likeness (QED) is 0.516. The topological polar surface area (TPSA) is 75.9 Å². The fourth-order valence-corrected chi connectivity index (χ4v) is 4.89. The van der Waals surface area contributed by atoms with E-state index in [0.717, 1.165) is 64.1 Å². The molecule has 0 amide bonds. The summed E-state index contributed by atoms with van der Waals surface area (Å²) in [5.74, 6) is 0.224. The van der Waals surface area contributed by atoms with Gasteiger partial charge in [-0.3, -0.25) is 4.90 Å². The first-order valence-electron chi connectivity index (χ1n) is 10.1. The Morgan fingerprint density at radius 3 is 2.41 bits per heavy atom. The predicted molar refractivity (Wildman–Crippen MR) is 110 cm³/mol. The Hall–Kier alpha value is -0.990. The van der Waals surface area contributed by atoms with Crippen molar-refractivity contribution in [1.82, 2.24) is 9.21 Å². The van der Waals surface area contributed by atoms with Crippen molar-refractivity contribution >= 4 is 10.0 Å². The van der Waals surface area contributed by atoms with Crippen LogP contribution >= 0.6 is 0 Å².